The van der Waals surface area contributed by atoms with Crippen molar-refractivity contribution >= 4 is 0 Å². The number of hydrogen-bond acceptors (Lipinski definition) is 1. The first-order valence-electron chi connectivity index (χ1n) is 20.9. The van der Waals surface area contributed by atoms with E-state index in [-0.39, 0.29) is 0 Å². The first-order chi connectivity index (χ1) is 21.5. The van der Waals surface area contributed by atoms with Gasteiger partial charge in [-0.05, 0) is 135 Å². The van der Waals surface area contributed by atoms with Crippen LogP contribution in [0, 0.1) is 71.0 Å². The SMILES string of the molecule is C=CCCCC(CC(C1CCCCC1)C1C(C)CC1C1CCC(NC2CCCC2)C1C(C)CC(C)C1CCC1)C1CCCC1. The first-order valence-corrected chi connectivity index (χ1v) is 20.9. The van der Waals surface area contributed by atoms with E-state index in [1.807, 2.05) is 0 Å². The lowest BCUT2D eigenvalue weighted by Gasteiger charge is -2.55. The van der Waals surface area contributed by atoms with Crippen LogP contribution in [0.4, 0.5) is 0 Å². The molecule has 252 valence electrons. The summed E-state index contributed by atoms with van der Waals surface area (Å²) in [5, 5.41) is 4.38. The second-order valence-corrected chi connectivity index (χ2v) is 18.2. The van der Waals surface area contributed by atoms with Crippen LogP contribution in [-0.4, -0.2) is 12.1 Å². The summed E-state index contributed by atoms with van der Waals surface area (Å²) in [7, 11) is 0. The standard InChI is InChI=1S/C43H75N/c1-5-6-8-20-36(34-16-11-12-17-34)29-39(35-18-9-7-10-19-35)42-32(4)28-40(42)38-25-26-41(44-37-23-13-14-24-37)43(38)31(3)27-30(2)33-21-15-22-33/h5,30-44H,1,6-29H2,2-4H3. The fourth-order valence-electron chi connectivity index (χ4n) is 13.2. The smallest absolute Gasteiger partial charge is 0.0103 e. The molecule has 0 aliphatic heterocycles. The molecule has 10 unspecified atom stereocenters. The van der Waals surface area contributed by atoms with Crippen molar-refractivity contribution < 1.29 is 0 Å². The minimum absolute atomic E-state index is 0.807. The van der Waals surface area contributed by atoms with Gasteiger partial charge in [0.25, 0.3) is 0 Å². The fourth-order valence-corrected chi connectivity index (χ4v) is 13.2. The molecule has 0 saturated heterocycles. The monoisotopic (exact) mass is 606 g/mol. The van der Waals surface area contributed by atoms with E-state index in [2.05, 4.69) is 38.7 Å². The van der Waals surface area contributed by atoms with Crippen molar-refractivity contribution in [1.82, 2.24) is 5.32 Å². The lowest BCUT2D eigenvalue weighted by atomic mass is 9.50. The summed E-state index contributed by atoms with van der Waals surface area (Å²) in [6.45, 7) is 12.2. The minimum atomic E-state index is 0.807. The summed E-state index contributed by atoms with van der Waals surface area (Å²) >= 11 is 0. The van der Waals surface area contributed by atoms with Gasteiger partial charge in [-0.3, -0.25) is 0 Å². The van der Waals surface area contributed by atoms with Crippen LogP contribution in [0.3, 0.4) is 0 Å². The average Bonchev–Trinajstić information content (AvgIpc) is 3.78. The van der Waals surface area contributed by atoms with Gasteiger partial charge in [0.05, 0.1) is 0 Å². The van der Waals surface area contributed by atoms with E-state index in [1.165, 1.54) is 128 Å². The molecule has 0 bridgehead atoms. The summed E-state index contributed by atoms with van der Waals surface area (Å²) in [6, 6.07) is 1.63. The van der Waals surface area contributed by atoms with Crippen LogP contribution in [0.5, 0.6) is 0 Å². The highest BCUT2D eigenvalue weighted by molar-refractivity contribution is 5.04. The highest BCUT2D eigenvalue weighted by atomic mass is 15.0. The Hall–Kier alpha value is -0.300. The fraction of sp³-hybridized carbons (Fsp3) is 0.953. The van der Waals surface area contributed by atoms with Crippen molar-refractivity contribution in [2.24, 2.45) is 71.0 Å². The van der Waals surface area contributed by atoms with Crippen LogP contribution in [-0.2, 0) is 0 Å². The van der Waals surface area contributed by atoms with E-state index in [0.717, 1.165) is 83.1 Å². The van der Waals surface area contributed by atoms with Crippen LogP contribution in [0.25, 0.3) is 0 Å². The summed E-state index contributed by atoms with van der Waals surface area (Å²) in [5.41, 5.74) is 0. The highest BCUT2D eigenvalue weighted by Gasteiger charge is 2.54. The number of allylic oxidation sites excluding steroid dienone is 1. The Morgan fingerprint density at radius 3 is 1.98 bits per heavy atom. The topological polar surface area (TPSA) is 12.0 Å². The lowest BCUT2D eigenvalue weighted by molar-refractivity contribution is -0.0654. The summed E-state index contributed by atoms with van der Waals surface area (Å²) in [6.07, 6.45) is 38.1. The third-order valence-corrected chi connectivity index (χ3v) is 15.6. The Bertz CT molecular complexity index is 841. The zero-order valence-electron chi connectivity index (χ0n) is 29.8. The van der Waals surface area contributed by atoms with Crippen molar-refractivity contribution in [3.63, 3.8) is 0 Å². The van der Waals surface area contributed by atoms with Gasteiger partial charge in [0.1, 0.15) is 0 Å². The third-order valence-electron chi connectivity index (χ3n) is 15.6. The molecule has 1 N–H and O–H groups in total. The Labute approximate surface area is 275 Å². The third kappa shape index (κ3) is 7.87. The summed E-state index contributed by atoms with van der Waals surface area (Å²) < 4.78 is 0. The predicted molar refractivity (Wildman–Crippen MR) is 191 cm³/mol. The Balaban J connectivity index is 1.22. The zero-order valence-corrected chi connectivity index (χ0v) is 29.8. The second-order valence-electron chi connectivity index (χ2n) is 18.2. The Kier molecular flexibility index (Phi) is 12.4. The lowest BCUT2D eigenvalue weighted by Crippen LogP contribution is -2.50. The molecule has 6 aliphatic rings. The van der Waals surface area contributed by atoms with Gasteiger partial charge in [-0.2, -0.15) is 0 Å². The molecule has 0 amide bonds. The van der Waals surface area contributed by atoms with E-state index >= 15 is 0 Å². The molecule has 44 heavy (non-hydrogen) atoms. The molecule has 0 radical (unpaired) electrons. The van der Waals surface area contributed by atoms with Crippen LogP contribution < -0.4 is 5.32 Å². The van der Waals surface area contributed by atoms with E-state index in [4.69, 9.17) is 0 Å². The Morgan fingerprint density at radius 1 is 0.659 bits per heavy atom. The van der Waals surface area contributed by atoms with Crippen molar-refractivity contribution in [2.75, 3.05) is 0 Å². The molecule has 6 saturated carbocycles. The van der Waals surface area contributed by atoms with Gasteiger partial charge < -0.3 is 5.32 Å². The molecule has 1 heteroatoms. The molecule has 0 spiro atoms. The molecule has 6 fully saturated rings. The first kappa shape index (κ1) is 33.6. The molecule has 10 atom stereocenters. The van der Waals surface area contributed by atoms with Gasteiger partial charge in [0, 0.05) is 12.1 Å². The van der Waals surface area contributed by atoms with Crippen LogP contribution in [0.1, 0.15) is 175 Å². The highest BCUT2D eigenvalue weighted by Crippen LogP contribution is 2.60. The largest absolute Gasteiger partial charge is 0.311 e. The van der Waals surface area contributed by atoms with Gasteiger partial charge in [0.2, 0.25) is 0 Å². The van der Waals surface area contributed by atoms with E-state index in [1.54, 1.807) is 25.7 Å². The predicted octanol–water partition coefficient (Wildman–Crippen LogP) is 12.4. The summed E-state index contributed by atoms with van der Waals surface area (Å²) in [5.74, 6) is 11.9. The molecule has 0 heterocycles. The van der Waals surface area contributed by atoms with Crippen LogP contribution >= 0.6 is 0 Å². The van der Waals surface area contributed by atoms with E-state index < -0.39 is 0 Å². The molecular formula is C43H75N. The molecule has 0 aromatic carbocycles. The van der Waals surface area contributed by atoms with Crippen molar-refractivity contribution in [1.29, 1.82) is 0 Å². The quantitative estimate of drug-likeness (QED) is 0.136. The maximum Gasteiger partial charge on any atom is 0.0103 e. The normalized spacial score (nSPS) is 37.0. The van der Waals surface area contributed by atoms with Crippen molar-refractivity contribution in [3.8, 4) is 0 Å². The van der Waals surface area contributed by atoms with Crippen LogP contribution in [0.15, 0.2) is 12.7 Å². The van der Waals surface area contributed by atoms with Gasteiger partial charge in [-0.15, -0.1) is 6.58 Å². The molecule has 6 aliphatic carbocycles. The number of nitrogens with one attached hydrogen (secondary N) is 1. The maximum absolute atomic E-state index is 4.38. The second kappa shape index (κ2) is 16.2. The number of rotatable bonds is 16. The molecule has 0 aromatic rings. The summed E-state index contributed by atoms with van der Waals surface area (Å²) in [4.78, 5) is 0. The van der Waals surface area contributed by atoms with Gasteiger partial charge >= 0.3 is 0 Å². The number of hydrogen-bond donors (Lipinski definition) is 1. The van der Waals surface area contributed by atoms with Gasteiger partial charge in [0.15, 0.2) is 0 Å². The minimum Gasteiger partial charge on any atom is -0.311 e. The zero-order chi connectivity index (χ0) is 30.5. The van der Waals surface area contributed by atoms with Crippen molar-refractivity contribution in [2.45, 2.75) is 187 Å². The molecule has 1 nitrogen and oxygen atoms in total. The average molecular weight is 606 g/mol. The van der Waals surface area contributed by atoms with E-state index in [0.29, 0.717) is 0 Å². The molecule has 6 rings (SSSR count). The van der Waals surface area contributed by atoms with Gasteiger partial charge in [-0.25, -0.2) is 0 Å². The van der Waals surface area contributed by atoms with Crippen molar-refractivity contribution in [3.05, 3.63) is 12.7 Å². The van der Waals surface area contributed by atoms with E-state index in [9.17, 15) is 0 Å². The Morgan fingerprint density at radius 2 is 1.32 bits per heavy atom. The molecule has 0 aromatic heterocycles. The molecular weight excluding hydrogens is 530 g/mol. The maximum atomic E-state index is 4.38. The van der Waals surface area contributed by atoms with Gasteiger partial charge in [-0.1, -0.05) is 117 Å². The van der Waals surface area contributed by atoms with Crippen LogP contribution in [0.2, 0.25) is 0 Å². The number of unbranched alkanes of at least 4 members (excludes halogenated alkanes) is 1.